The van der Waals surface area contributed by atoms with Crippen LogP contribution in [0.25, 0.3) is 0 Å². The Labute approximate surface area is 173 Å². The van der Waals surface area contributed by atoms with Gasteiger partial charge in [-0.05, 0) is 72.8 Å². The van der Waals surface area contributed by atoms with Crippen LogP contribution in [0.3, 0.4) is 0 Å². The molecule has 0 atom stereocenters. The second kappa shape index (κ2) is 8.46. The molecule has 148 valence electrons. The lowest BCUT2D eigenvalue weighted by Crippen LogP contribution is -2.11. The fourth-order valence-electron chi connectivity index (χ4n) is 2.51. The zero-order valence-corrected chi connectivity index (χ0v) is 16.8. The summed E-state index contributed by atoms with van der Waals surface area (Å²) < 4.78 is 30.0. The highest BCUT2D eigenvalue weighted by Crippen LogP contribution is 2.22. The fraction of sp³-hybridized carbons (Fsp3) is 0.0476. The van der Waals surface area contributed by atoms with Crippen LogP contribution in [0.15, 0.2) is 77.7 Å². The van der Waals surface area contributed by atoms with Crippen molar-refractivity contribution in [3.05, 3.63) is 88.9 Å². The van der Waals surface area contributed by atoms with Gasteiger partial charge in [-0.25, -0.2) is 0 Å². The first-order chi connectivity index (χ1) is 13.7. The molecule has 1 amide bonds. The standard InChI is InChI=1S/C21H16ClNO5S/c1-14(24)23-18-8-12-20(13-9-18)29(26,27)28-19-10-4-16(5-11-19)21(25)15-2-6-17(22)7-3-15/h2-13H,1H3,(H,23,24). The summed E-state index contributed by atoms with van der Waals surface area (Å²) in [6.45, 7) is 1.36. The van der Waals surface area contributed by atoms with Gasteiger partial charge in [0.1, 0.15) is 10.6 Å². The van der Waals surface area contributed by atoms with Crippen LogP contribution in [0.4, 0.5) is 5.69 Å². The van der Waals surface area contributed by atoms with Crippen molar-refractivity contribution < 1.29 is 22.2 Å². The van der Waals surface area contributed by atoms with Gasteiger partial charge in [-0.2, -0.15) is 8.42 Å². The third-order valence-electron chi connectivity index (χ3n) is 3.89. The number of carbonyl (C=O) groups is 2. The van der Waals surface area contributed by atoms with E-state index in [9.17, 15) is 18.0 Å². The molecular weight excluding hydrogens is 414 g/mol. The molecule has 0 unspecified atom stereocenters. The van der Waals surface area contributed by atoms with Crippen molar-refractivity contribution in [2.45, 2.75) is 11.8 Å². The van der Waals surface area contributed by atoms with E-state index in [1.807, 2.05) is 0 Å². The van der Waals surface area contributed by atoms with Crippen molar-refractivity contribution in [1.29, 1.82) is 0 Å². The number of hydrogen-bond acceptors (Lipinski definition) is 5. The molecule has 3 rings (SSSR count). The zero-order valence-electron chi connectivity index (χ0n) is 15.3. The van der Waals surface area contributed by atoms with Gasteiger partial charge < -0.3 is 9.50 Å². The molecule has 0 heterocycles. The van der Waals surface area contributed by atoms with Crippen LogP contribution in [-0.2, 0) is 14.9 Å². The number of anilines is 1. The van der Waals surface area contributed by atoms with Gasteiger partial charge in [0.15, 0.2) is 5.78 Å². The van der Waals surface area contributed by atoms with E-state index in [0.29, 0.717) is 21.8 Å². The Morgan fingerprint density at radius 3 is 1.86 bits per heavy atom. The number of halogens is 1. The Morgan fingerprint density at radius 2 is 1.34 bits per heavy atom. The van der Waals surface area contributed by atoms with E-state index in [2.05, 4.69) is 5.32 Å². The van der Waals surface area contributed by atoms with Gasteiger partial charge in [-0.15, -0.1) is 0 Å². The maximum atomic E-state index is 12.5. The van der Waals surface area contributed by atoms with Gasteiger partial charge in [0, 0.05) is 28.8 Å². The molecule has 0 aliphatic carbocycles. The number of hydrogen-bond donors (Lipinski definition) is 1. The lowest BCUT2D eigenvalue weighted by molar-refractivity contribution is -0.114. The van der Waals surface area contributed by atoms with E-state index in [4.69, 9.17) is 15.8 Å². The van der Waals surface area contributed by atoms with Crippen molar-refractivity contribution in [3.8, 4) is 5.75 Å². The topological polar surface area (TPSA) is 89.5 Å². The van der Waals surface area contributed by atoms with E-state index >= 15 is 0 Å². The molecule has 3 aromatic rings. The maximum absolute atomic E-state index is 12.5. The molecule has 1 N–H and O–H groups in total. The number of amides is 1. The van der Waals surface area contributed by atoms with Crippen LogP contribution in [0.5, 0.6) is 5.75 Å². The Morgan fingerprint density at radius 1 is 0.828 bits per heavy atom. The van der Waals surface area contributed by atoms with Crippen LogP contribution >= 0.6 is 11.6 Å². The first-order valence-electron chi connectivity index (χ1n) is 8.47. The van der Waals surface area contributed by atoms with E-state index < -0.39 is 10.1 Å². The largest absolute Gasteiger partial charge is 0.379 e. The summed E-state index contributed by atoms with van der Waals surface area (Å²) in [4.78, 5) is 23.4. The molecule has 8 heteroatoms. The molecule has 6 nitrogen and oxygen atoms in total. The molecule has 29 heavy (non-hydrogen) atoms. The Bertz CT molecular complexity index is 1140. The third-order valence-corrected chi connectivity index (χ3v) is 5.41. The van der Waals surface area contributed by atoms with Crippen molar-refractivity contribution >= 4 is 39.1 Å². The zero-order chi connectivity index (χ0) is 21.0. The molecule has 0 radical (unpaired) electrons. The number of ketones is 1. The van der Waals surface area contributed by atoms with E-state index in [1.54, 1.807) is 24.3 Å². The highest BCUT2D eigenvalue weighted by atomic mass is 35.5. The predicted octanol–water partition coefficient (Wildman–Crippen LogP) is 4.30. The fourth-order valence-corrected chi connectivity index (χ4v) is 3.57. The van der Waals surface area contributed by atoms with Crippen LogP contribution in [-0.4, -0.2) is 20.1 Å². The Hall–Kier alpha value is -3.16. The second-order valence-corrected chi connectivity index (χ2v) is 8.09. The van der Waals surface area contributed by atoms with Gasteiger partial charge in [-0.3, -0.25) is 9.59 Å². The van der Waals surface area contributed by atoms with Crippen LogP contribution < -0.4 is 9.50 Å². The van der Waals surface area contributed by atoms with Crippen molar-refractivity contribution in [2.75, 3.05) is 5.32 Å². The second-order valence-electron chi connectivity index (χ2n) is 6.10. The summed E-state index contributed by atoms with van der Waals surface area (Å²) in [5.74, 6) is -0.404. The van der Waals surface area contributed by atoms with E-state index in [0.717, 1.165) is 0 Å². The summed E-state index contributed by atoms with van der Waals surface area (Å²) in [7, 11) is -4.06. The molecule has 0 saturated heterocycles. The SMILES string of the molecule is CC(=O)Nc1ccc(S(=O)(=O)Oc2ccc(C(=O)c3ccc(Cl)cc3)cc2)cc1. The van der Waals surface area contributed by atoms with Crippen LogP contribution in [0, 0.1) is 0 Å². The van der Waals surface area contributed by atoms with Crippen molar-refractivity contribution in [3.63, 3.8) is 0 Å². The van der Waals surface area contributed by atoms with E-state index in [1.165, 1.54) is 55.5 Å². The quantitative estimate of drug-likeness (QED) is 0.466. The summed E-state index contributed by atoms with van der Waals surface area (Å²) in [5.41, 5.74) is 1.33. The smallest absolute Gasteiger partial charge is 0.339 e. The monoisotopic (exact) mass is 429 g/mol. The maximum Gasteiger partial charge on any atom is 0.339 e. The minimum absolute atomic E-state index is 0.0621. The molecule has 0 saturated carbocycles. The Balaban J connectivity index is 1.73. The molecule has 0 aliphatic heterocycles. The molecule has 0 aromatic heterocycles. The van der Waals surface area contributed by atoms with Crippen LogP contribution in [0.2, 0.25) is 5.02 Å². The molecule has 3 aromatic carbocycles. The molecule has 0 aliphatic rings. The van der Waals surface area contributed by atoms with Crippen molar-refractivity contribution in [1.82, 2.24) is 0 Å². The number of rotatable bonds is 6. The highest BCUT2D eigenvalue weighted by Gasteiger charge is 2.17. The minimum atomic E-state index is -4.06. The average molecular weight is 430 g/mol. The average Bonchev–Trinajstić information content (AvgIpc) is 2.68. The lowest BCUT2D eigenvalue weighted by Gasteiger charge is -2.09. The number of carbonyl (C=O) groups excluding carboxylic acids is 2. The van der Waals surface area contributed by atoms with Crippen molar-refractivity contribution in [2.24, 2.45) is 0 Å². The third kappa shape index (κ3) is 5.22. The minimum Gasteiger partial charge on any atom is -0.379 e. The first-order valence-corrected chi connectivity index (χ1v) is 10.3. The normalized spacial score (nSPS) is 11.0. The Kier molecular flexibility index (Phi) is 6.00. The first kappa shape index (κ1) is 20.6. The van der Waals surface area contributed by atoms with Gasteiger partial charge in [-0.1, -0.05) is 11.6 Å². The summed E-state index contributed by atoms with van der Waals surface area (Å²) in [6.07, 6.45) is 0. The number of nitrogens with one attached hydrogen (secondary N) is 1. The summed E-state index contributed by atoms with van der Waals surface area (Å²) in [5, 5.41) is 3.08. The van der Waals surface area contributed by atoms with Gasteiger partial charge in [0.2, 0.25) is 5.91 Å². The summed E-state index contributed by atoms with van der Waals surface area (Å²) >= 11 is 5.82. The molecule has 0 spiro atoms. The van der Waals surface area contributed by atoms with Gasteiger partial charge in [0.05, 0.1) is 0 Å². The molecule has 0 fully saturated rings. The van der Waals surface area contributed by atoms with Crippen LogP contribution in [0.1, 0.15) is 22.8 Å². The molecule has 0 bridgehead atoms. The number of benzene rings is 3. The summed E-state index contributed by atoms with van der Waals surface area (Å²) in [6, 6.07) is 17.9. The lowest BCUT2D eigenvalue weighted by atomic mass is 10.0. The van der Waals surface area contributed by atoms with Gasteiger partial charge >= 0.3 is 10.1 Å². The highest BCUT2D eigenvalue weighted by molar-refractivity contribution is 7.87. The molecular formula is C21H16ClNO5S. The van der Waals surface area contributed by atoms with E-state index in [-0.39, 0.29) is 22.3 Å². The predicted molar refractivity (Wildman–Crippen MR) is 110 cm³/mol. The van der Waals surface area contributed by atoms with Gasteiger partial charge in [0.25, 0.3) is 0 Å².